The first-order chi connectivity index (χ1) is 7.65. The summed E-state index contributed by atoms with van der Waals surface area (Å²) in [6.45, 7) is 2.11. The zero-order chi connectivity index (χ0) is 12.0. The lowest BCUT2D eigenvalue weighted by molar-refractivity contribution is 0.501. The highest BCUT2D eigenvalue weighted by atomic mass is 31.1. The predicted octanol–water partition coefficient (Wildman–Crippen LogP) is 3.99. The van der Waals surface area contributed by atoms with E-state index in [0.29, 0.717) is 6.07 Å². The number of hydrogen-bond acceptors (Lipinski definition) is 0. The van der Waals surface area contributed by atoms with E-state index < -0.39 is 17.5 Å². The Morgan fingerprint density at radius 2 is 1.81 bits per heavy atom. The van der Waals surface area contributed by atoms with Crippen molar-refractivity contribution in [3.8, 4) is 0 Å². The molecule has 0 saturated heterocycles. The van der Waals surface area contributed by atoms with Crippen molar-refractivity contribution in [3.63, 3.8) is 0 Å². The van der Waals surface area contributed by atoms with Crippen LogP contribution >= 0.6 is 8.58 Å². The average molecular weight is 248 g/mol. The summed E-state index contributed by atoms with van der Waals surface area (Å²) in [5.74, 6) is -2.68. The Labute approximate surface area is 96.0 Å². The van der Waals surface area contributed by atoms with Gasteiger partial charge in [-0.1, -0.05) is 34.8 Å². The molecule has 0 spiro atoms. The topological polar surface area (TPSA) is 0 Å². The van der Waals surface area contributed by atoms with E-state index in [1.807, 2.05) is 0 Å². The molecule has 0 bridgehead atoms. The summed E-state index contributed by atoms with van der Waals surface area (Å²) in [6, 6.07) is 1.68. The standard InChI is InChI=1S/C12H16F3P/c1-2-3-4-5-6-16-11-8-9(13)7-10(14)12(11)15/h7-8,16H,2-6H2,1H3. The Hall–Kier alpha value is -0.560. The SMILES string of the molecule is CCCCCCPc1cc(F)cc(F)c1F. The average Bonchev–Trinajstić information content (AvgIpc) is 2.24. The molecule has 1 aromatic carbocycles. The minimum atomic E-state index is -1.09. The molecule has 0 aliphatic heterocycles. The first kappa shape index (κ1) is 13.5. The van der Waals surface area contributed by atoms with E-state index in [-0.39, 0.29) is 13.9 Å². The van der Waals surface area contributed by atoms with E-state index in [9.17, 15) is 13.2 Å². The Kier molecular flexibility index (Phi) is 5.83. The van der Waals surface area contributed by atoms with E-state index in [2.05, 4.69) is 6.92 Å². The molecule has 0 radical (unpaired) electrons. The zero-order valence-corrected chi connectivity index (χ0v) is 10.3. The number of benzene rings is 1. The third-order valence-corrected chi connectivity index (χ3v) is 3.69. The van der Waals surface area contributed by atoms with Crippen molar-refractivity contribution in [1.82, 2.24) is 0 Å². The third-order valence-electron chi connectivity index (χ3n) is 2.34. The molecule has 0 N–H and O–H groups in total. The molecule has 0 heterocycles. The first-order valence-electron chi connectivity index (χ1n) is 5.53. The molecule has 0 aliphatic carbocycles. The van der Waals surface area contributed by atoms with Gasteiger partial charge < -0.3 is 0 Å². The van der Waals surface area contributed by atoms with Crippen molar-refractivity contribution < 1.29 is 13.2 Å². The summed E-state index contributed by atoms with van der Waals surface area (Å²) in [4.78, 5) is 0. The van der Waals surface area contributed by atoms with Crippen LogP contribution in [0.15, 0.2) is 12.1 Å². The molecule has 1 aromatic rings. The lowest BCUT2D eigenvalue weighted by atomic mass is 10.2. The Bertz CT molecular complexity index is 339. The van der Waals surface area contributed by atoms with Crippen LogP contribution in [0.5, 0.6) is 0 Å². The van der Waals surface area contributed by atoms with Crippen molar-refractivity contribution in [1.29, 1.82) is 0 Å². The van der Waals surface area contributed by atoms with Crippen LogP contribution < -0.4 is 5.30 Å². The molecular formula is C12H16F3P. The molecule has 0 fully saturated rings. The van der Waals surface area contributed by atoms with Crippen LogP contribution in [-0.4, -0.2) is 6.16 Å². The highest BCUT2D eigenvalue weighted by Crippen LogP contribution is 2.18. The van der Waals surface area contributed by atoms with Gasteiger partial charge in [0, 0.05) is 11.4 Å². The number of rotatable bonds is 6. The molecule has 90 valence electrons. The van der Waals surface area contributed by atoms with Crippen molar-refractivity contribution in [3.05, 3.63) is 29.6 Å². The van der Waals surface area contributed by atoms with Crippen LogP contribution in [0.25, 0.3) is 0 Å². The minimum Gasteiger partial charge on any atom is -0.207 e. The van der Waals surface area contributed by atoms with Crippen molar-refractivity contribution in [2.45, 2.75) is 32.6 Å². The number of unbranched alkanes of at least 4 members (excludes halogenated alkanes) is 3. The second-order valence-electron chi connectivity index (χ2n) is 3.74. The lowest BCUT2D eigenvalue weighted by Crippen LogP contribution is -2.07. The van der Waals surface area contributed by atoms with Gasteiger partial charge in [-0.3, -0.25) is 0 Å². The fourth-order valence-electron chi connectivity index (χ4n) is 1.46. The van der Waals surface area contributed by atoms with Crippen molar-refractivity contribution in [2.75, 3.05) is 6.16 Å². The molecule has 1 unspecified atom stereocenters. The van der Waals surface area contributed by atoms with Crippen LogP contribution in [0.2, 0.25) is 0 Å². The largest absolute Gasteiger partial charge is 0.207 e. The second-order valence-corrected chi connectivity index (χ2v) is 5.13. The van der Waals surface area contributed by atoms with E-state index in [0.717, 1.165) is 37.9 Å². The third kappa shape index (κ3) is 4.13. The molecule has 16 heavy (non-hydrogen) atoms. The van der Waals surface area contributed by atoms with Gasteiger partial charge in [-0.2, -0.15) is 0 Å². The van der Waals surface area contributed by atoms with Gasteiger partial charge in [-0.25, -0.2) is 13.2 Å². The highest BCUT2D eigenvalue weighted by molar-refractivity contribution is 7.47. The quantitative estimate of drug-likeness (QED) is 0.405. The van der Waals surface area contributed by atoms with E-state index in [1.54, 1.807) is 0 Å². The predicted molar refractivity (Wildman–Crippen MR) is 63.3 cm³/mol. The van der Waals surface area contributed by atoms with Gasteiger partial charge >= 0.3 is 0 Å². The number of hydrogen-bond donors (Lipinski definition) is 0. The Morgan fingerprint density at radius 1 is 1.06 bits per heavy atom. The lowest BCUT2D eigenvalue weighted by Gasteiger charge is -2.04. The molecule has 1 rings (SSSR count). The summed E-state index contributed by atoms with van der Waals surface area (Å²) < 4.78 is 38.9. The zero-order valence-electron chi connectivity index (χ0n) is 9.32. The molecule has 4 heteroatoms. The molecule has 0 amide bonds. The van der Waals surface area contributed by atoms with Gasteiger partial charge in [0.1, 0.15) is 5.82 Å². The van der Waals surface area contributed by atoms with Crippen LogP contribution in [0.4, 0.5) is 13.2 Å². The van der Waals surface area contributed by atoms with Crippen molar-refractivity contribution in [2.24, 2.45) is 0 Å². The van der Waals surface area contributed by atoms with Crippen LogP contribution in [0.3, 0.4) is 0 Å². The molecular weight excluding hydrogens is 232 g/mol. The second kappa shape index (κ2) is 6.90. The van der Waals surface area contributed by atoms with Crippen molar-refractivity contribution >= 4 is 13.9 Å². The molecule has 0 aromatic heterocycles. The van der Waals surface area contributed by atoms with Gasteiger partial charge in [0.05, 0.1) is 0 Å². The van der Waals surface area contributed by atoms with Gasteiger partial charge in [0.25, 0.3) is 0 Å². The van der Waals surface area contributed by atoms with Gasteiger partial charge in [0.15, 0.2) is 11.6 Å². The minimum absolute atomic E-state index is 0.152. The van der Waals surface area contributed by atoms with Gasteiger partial charge in [-0.15, -0.1) is 0 Å². The normalized spacial score (nSPS) is 11.5. The maximum atomic E-state index is 13.2. The molecule has 0 saturated carbocycles. The van der Waals surface area contributed by atoms with Crippen LogP contribution in [0, 0.1) is 17.5 Å². The maximum Gasteiger partial charge on any atom is 0.166 e. The summed E-state index contributed by atoms with van der Waals surface area (Å²) in [5, 5.41) is 0.175. The van der Waals surface area contributed by atoms with E-state index in [4.69, 9.17) is 0 Å². The monoisotopic (exact) mass is 248 g/mol. The van der Waals surface area contributed by atoms with E-state index in [1.165, 1.54) is 0 Å². The first-order valence-corrected chi connectivity index (χ1v) is 6.74. The maximum absolute atomic E-state index is 13.2. The van der Waals surface area contributed by atoms with Gasteiger partial charge in [-0.05, 0) is 18.6 Å². The summed E-state index contributed by atoms with van der Waals surface area (Å²) in [7, 11) is 0.152. The summed E-state index contributed by atoms with van der Waals surface area (Å²) >= 11 is 0. The molecule has 1 atom stereocenters. The molecule has 0 nitrogen and oxygen atoms in total. The van der Waals surface area contributed by atoms with Gasteiger partial charge in [0.2, 0.25) is 0 Å². The highest BCUT2D eigenvalue weighted by Gasteiger charge is 2.10. The number of halogens is 3. The fraction of sp³-hybridized carbons (Fsp3) is 0.500. The summed E-state index contributed by atoms with van der Waals surface area (Å²) in [5.41, 5.74) is 0. The summed E-state index contributed by atoms with van der Waals surface area (Å²) in [6.07, 6.45) is 5.20. The Balaban J connectivity index is 2.47. The van der Waals surface area contributed by atoms with E-state index >= 15 is 0 Å². The Morgan fingerprint density at radius 3 is 2.50 bits per heavy atom. The van der Waals surface area contributed by atoms with Crippen LogP contribution in [-0.2, 0) is 0 Å². The molecule has 0 aliphatic rings. The smallest absolute Gasteiger partial charge is 0.166 e. The fourth-order valence-corrected chi connectivity index (χ4v) is 2.67. The van der Waals surface area contributed by atoms with Crippen LogP contribution in [0.1, 0.15) is 32.6 Å².